The molecule has 3 N–H and O–H groups in total. The molecule has 1 rings (SSSR count). The van der Waals surface area contributed by atoms with Crippen LogP contribution in [0.1, 0.15) is 52.9 Å². The van der Waals surface area contributed by atoms with E-state index in [-0.39, 0.29) is 5.91 Å². The number of hydrogen-bond donors (Lipinski definition) is 2. The van der Waals surface area contributed by atoms with E-state index in [1.54, 1.807) is 0 Å². The normalized spacial score (nSPS) is 25.6. The highest BCUT2D eigenvalue weighted by Crippen LogP contribution is 2.30. The minimum Gasteiger partial charge on any atom is -0.356 e. The molecule has 0 aromatic heterocycles. The second-order valence-electron chi connectivity index (χ2n) is 6.27. The van der Waals surface area contributed by atoms with Crippen LogP contribution in [0.3, 0.4) is 0 Å². The van der Waals surface area contributed by atoms with Crippen LogP contribution in [0.5, 0.6) is 0 Å². The highest BCUT2D eigenvalue weighted by molar-refractivity contribution is 5.81. The molecule has 2 unspecified atom stereocenters. The van der Waals surface area contributed by atoms with E-state index in [0.29, 0.717) is 6.54 Å². The fraction of sp³-hybridized carbons (Fsp3) is 0.929. The van der Waals surface area contributed by atoms with E-state index < -0.39 is 5.41 Å². The number of carbonyl (C=O) groups is 1. The first-order chi connectivity index (χ1) is 7.95. The van der Waals surface area contributed by atoms with Gasteiger partial charge in [0.1, 0.15) is 0 Å². The van der Waals surface area contributed by atoms with Gasteiger partial charge >= 0.3 is 0 Å². The summed E-state index contributed by atoms with van der Waals surface area (Å²) in [6, 6.07) is 0. The van der Waals surface area contributed by atoms with Crippen molar-refractivity contribution < 1.29 is 4.79 Å². The van der Waals surface area contributed by atoms with Crippen molar-refractivity contribution in [2.45, 2.75) is 52.9 Å². The lowest BCUT2D eigenvalue weighted by Crippen LogP contribution is -2.42. The molecule has 0 aliphatic heterocycles. The van der Waals surface area contributed by atoms with Gasteiger partial charge in [-0.25, -0.2) is 0 Å². The Bertz CT molecular complexity index is 251. The van der Waals surface area contributed by atoms with Gasteiger partial charge in [-0.3, -0.25) is 4.79 Å². The van der Waals surface area contributed by atoms with Crippen molar-refractivity contribution in [3.63, 3.8) is 0 Å². The number of hydrogen-bond acceptors (Lipinski definition) is 2. The quantitative estimate of drug-likeness (QED) is 0.774. The Kier molecular flexibility index (Phi) is 5.44. The maximum atomic E-state index is 11.8. The minimum atomic E-state index is -0.431. The third-order valence-electron chi connectivity index (χ3n) is 4.01. The molecule has 1 aliphatic rings. The molecule has 3 nitrogen and oxygen atoms in total. The zero-order valence-electron chi connectivity index (χ0n) is 11.6. The monoisotopic (exact) mass is 240 g/mol. The zero-order chi connectivity index (χ0) is 12.9. The average molecular weight is 240 g/mol. The standard InChI is InChI=1S/C14H28N2O/c1-11-5-4-6-12(9-11)7-8-16-13(17)14(2,3)10-15/h11-12H,4-10,15H2,1-3H3,(H,16,17). The van der Waals surface area contributed by atoms with Gasteiger partial charge in [-0.2, -0.15) is 0 Å². The molecule has 0 heterocycles. The molecule has 0 aromatic rings. The Morgan fingerprint density at radius 2 is 2.12 bits per heavy atom. The van der Waals surface area contributed by atoms with Crippen molar-refractivity contribution in [2.75, 3.05) is 13.1 Å². The summed E-state index contributed by atoms with van der Waals surface area (Å²) in [6.07, 6.45) is 6.52. The fourth-order valence-corrected chi connectivity index (χ4v) is 2.54. The smallest absolute Gasteiger partial charge is 0.226 e. The summed E-state index contributed by atoms with van der Waals surface area (Å²) in [5.41, 5.74) is 5.15. The van der Waals surface area contributed by atoms with E-state index in [4.69, 9.17) is 5.73 Å². The molecule has 3 heteroatoms. The van der Waals surface area contributed by atoms with Gasteiger partial charge < -0.3 is 11.1 Å². The van der Waals surface area contributed by atoms with Crippen molar-refractivity contribution in [3.8, 4) is 0 Å². The molecule has 0 spiro atoms. The number of amides is 1. The lowest BCUT2D eigenvalue weighted by Gasteiger charge is -2.27. The van der Waals surface area contributed by atoms with Crippen molar-refractivity contribution in [1.29, 1.82) is 0 Å². The Balaban J connectivity index is 2.21. The molecule has 17 heavy (non-hydrogen) atoms. The number of nitrogens with one attached hydrogen (secondary N) is 1. The molecular formula is C14H28N2O. The highest BCUT2D eigenvalue weighted by Gasteiger charge is 2.25. The minimum absolute atomic E-state index is 0.0869. The van der Waals surface area contributed by atoms with Gasteiger partial charge in [0.05, 0.1) is 5.41 Å². The van der Waals surface area contributed by atoms with Crippen molar-refractivity contribution >= 4 is 5.91 Å². The van der Waals surface area contributed by atoms with Gasteiger partial charge in [-0.1, -0.05) is 26.2 Å². The van der Waals surface area contributed by atoms with E-state index in [9.17, 15) is 4.79 Å². The molecule has 100 valence electrons. The predicted octanol–water partition coefficient (Wildman–Crippen LogP) is 2.30. The molecule has 0 saturated heterocycles. The molecular weight excluding hydrogens is 212 g/mol. The van der Waals surface area contributed by atoms with Gasteiger partial charge in [-0.05, 0) is 38.5 Å². The van der Waals surface area contributed by atoms with Crippen LogP contribution < -0.4 is 11.1 Å². The third-order valence-corrected chi connectivity index (χ3v) is 4.01. The third kappa shape index (κ3) is 4.66. The maximum absolute atomic E-state index is 11.8. The van der Waals surface area contributed by atoms with Crippen LogP contribution >= 0.6 is 0 Å². The summed E-state index contributed by atoms with van der Waals surface area (Å²) in [4.78, 5) is 11.8. The topological polar surface area (TPSA) is 55.1 Å². The van der Waals surface area contributed by atoms with Gasteiger partial charge in [0.15, 0.2) is 0 Å². The van der Waals surface area contributed by atoms with Gasteiger partial charge in [0.25, 0.3) is 0 Å². The summed E-state index contributed by atoms with van der Waals surface area (Å²) in [7, 11) is 0. The molecule has 1 saturated carbocycles. The Labute approximate surface area is 106 Å². The second-order valence-corrected chi connectivity index (χ2v) is 6.27. The highest BCUT2D eigenvalue weighted by atomic mass is 16.2. The van der Waals surface area contributed by atoms with E-state index in [1.807, 2.05) is 13.8 Å². The van der Waals surface area contributed by atoms with Crippen LogP contribution in [0, 0.1) is 17.3 Å². The molecule has 0 radical (unpaired) electrons. The van der Waals surface area contributed by atoms with E-state index in [2.05, 4.69) is 12.2 Å². The molecule has 1 aliphatic carbocycles. The van der Waals surface area contributed by atoms with Gasteiger partial charge in [-0.15, -0.1) is 0 Å². The van der Waals surface area contributed by atoms with Crippen LogP contribution in [0.25, 0.3) is 0 Å². The van der Waals surface area contributed by atoms with Crippen LogP contribution in [0.2, 0.25) is 0 Å². The zero-order valence-corrected chi connectivity index (χ0v) is 11.6. The Morgan fingerprint density at radius 1 is 1.41 bits per heavy atom. The van der Waals surface area contributed by atoms with Crippen molar-refractivity contribution in [2.24, 2.45) is 23.0 Å². The van der Waals surface area contributed by atoms with Gasteiger partial charge in [0, 0.05) is 13.1 Å². The number of carbonyl (C=O) groups excluding carboxylic acids is 1. The fourth-order valence-electron chi connectivity index (χ4n) is 2.54. The maximum Gasteiger partial charge on any atom is 0.226 e. The molecule has 1 amide bonds. The lowest BCUT2D eigenvalue weighted by molar-refractivity contribution is -0.128. The first-order valence-corrected chi connectivity index (χ1v) is 6.94. The molecule has 0 bridgehead atoms. The van der Waals surface area contributed by atoms with Crippen LogP contribution in [-0.2, 0) is 4.79 Å². The number of nitrogens with two attached hydrogens (primary N) is 1. The van der Waals surface area contributed by atoms with E-state index in [1.165, 1.54) is 25.7 Å². The summed E-state index contributed by atoms with van der Waals surface area (Å²) in [5.74, 6) is 1.76. The second kappa shape index (κ2) is 6.39. The predicted molar refractivity (Wildman–Crippen MR) is 71.6 cm³/mol. The lowest BCUT2D eigenvalue weighted by atomic mass is 9.81. The van der Waals surface area contributed by atoms with Crippen LogP contribution in [0.4, 0.5) is 0 Å². The number of rotatable bonds is 5. The van der Waals surface area contributed by atoms with Crippen LogP contribution in [0.15, 0.2) is 0 Å². The van der Waals surface area contributed by atoms with E-state index in [0.717, 1.165) is 24.8 Å². The molecule has 2 atom stereocenters. The summed E-state index contributed by atoms with van der Waals surface area (Å²) < 4.78 is 0. The van der Waals surface area contributed by atoms with Crippen molar-refractivity contribution in [1.82, 2.24) is 5.32 Å². The first-order valence-electron chi connectivity index (χ1n) is 6.94. The summed E-state index contributed by atoms with van der Waals surface area (Å²) >= 11 is 0. The molecule has 1 fully saturated rings. The first kappa shape index (κ1) is 14.5. The Morgan fingerprint density at radius 3 is 2.71 bits per heavy atom. The van der Waals surface area contributed by atoms with E-state index >= 15 is 0 Å². The largest absolute Gasteiger partial charge is 0.356 e. The average Bonchev–Trinajstić information content (AvgIpc) is 2.29. The van der Waals surface area contributed by atoms with Crippen LogP contribution in [-0.4, -0.2) is 19.0 Å². The van der Waals surface area contributed by atoms with Gasteiger partial charge in [0.2, 0.25) is 5.91 Å². The molecule has 0 aromatic carbocycles. The summed E-state index contributed by atoms with van der Waals surface area (Å²) in [5, 5.41) is 3.02. The van der Waals surface area contributed by atoms with Crippen molar-refractivity contribution in [3.05, 3.63) is 0 Å². The Hall–Kier alpha value is -0.570. The summed E-state index contributed by atoms with van der Waals surface area (Å²) in [6.45, 7) is 7.33. The SMILES string of the molecule is CC1CCCC(CCNC(=O)C(C)(C)CN)C1.